The van der Waals surface area contributed by atoms with Gasteiger partial charge in [-0.25, -0.2) is 4.68 Å². The van der Waals surface area contributed by atoms with Gasteiger partial charge < -0.3 is 5.32 Å². The molecule has 0 saturated carbocycles. The summed E-state index contributed by atoms with van der Waals surface area (Å²) < 4.78 is 1.79. The average Bonchev–Trinajstić information content (AvgIpc) is 2.82. The van der Waals surface area contributed by atoms with Crippen LogP contribution in [0.3, 0.4) is 0 Å². The van der Waals surface area contributed by atoms with Crippen LogP contribution in [0.1, 0.15) is 33.6 Å². The van der Waals surface area contributed by atoms with Crippen molar-refractivity contribution in [1.29, 1.82) is 0 Å². The van der Waals surface area contributed by atoms with Gasteiger partial charge in [0, 0.05) is 6.54 Å². The molecule has 21 heavy (non-hydrogen) atoms. The van der Waals surface area contributed by atoms with E-state index in [1.54, 1.807) is 10.9 Å². The molecule has 2 heterocycles. The Balaban J connectivity index is 2.20. The molecule has 0 radical (unpaired) electrons. The number of anilines is 1. The number of nitrogens with one attached hydrogen (secondary N) is 2. The van der Waals surface area contributed by atoms with Crippen LogP contribution in [0, 0.1) is 0 Å². The van der Waals surface area contributed by atoms with Crippen molar-refractivity contribution in [3.8, 4) is 0 Å². The van der Waals surface area contributed by atoms with Gasteiger partial charge in [-0.05, 0) is 45.6 Å². The zero-order valence-electron chi connectivity index (χ0n) is 13.1. The Morgan fingerprint density at radius 3 is 2.81 bits per heavy atom. The first-order valence-electron chi connectivity index (χ1n) is 7.15. The first kappa shape index (κ1) is 15.9. The van der Waals surface area contributed by atoms with Crippen molar-refractivity contribution >= 4 is 28.7 Å². The molecule has 2 rings (SSSR count). The molecule has 0 spiro atoms. The fraction of sp³-hybridized carbons (Fsp3) is 0.643. The SMILES string of the molecule is CSCCCCNc1nc2c(cnn2C(C)(C)C)c(=O)[nH]1. The second-order valence-electron chi connectivity index (χ2n) is 6.01. The zero-order chi connectivity index (χ0) is 15.5. The highest BCUT2D eigenvalue weighted by Gasteiger charge is 2.19. The molecule has 0 aliphatic carbocycles. The number of hydrogen-bond acceptors (Lipinski definition) is 5. The molecule has 0 amide bonds. The Bertz CT molecular complexity index is 655. The highest BCUT2D eigenvalue weighted by Crippen LogP contribution is 2.18. The molecular formula is C14H23N5OS. The normalized spacial score (nSPS) is 12.0. The second-order valence-corrected chi connectivity index (χ2v) is 6.99. The molecule has 0 saturated heterocycles. The van der Waals surface area contributed by atoms with E-state index in [1.807, 2.05) is 32.5 Å². The van der Waals surface area contributed by atoms with E-state index in [4.69, 9.17) is 0 Å². The largest absolute Gasteiger partial charge is 0.356 e. The van der Waals surface area contributed by atoms with Gasteiger partial charge in [-0.3, -0.25) is 9.78 Å². The fourth-order valence-corrected chi connectivity index (χ4v) is 2.56. The minimum atomic E-state index is -0.210. The minimum absolute atomic E-state index is 0.151. The van der Waals surface area contributed by atoms with Crippen LogP contribution in [0.2, 0.25) is 0 Å². The lowest BCUT2D eigenvalue weighted by atomic mass is 10.1. The third-order valence-corrected chi connectivity index (χ3v) is 3.84. The lowest BCUT2D eigenvalue weighted by Gasteiger charge is -2.19. The molecule has 0 unspecified atom stereocenters. The summed E-state index contributed by atoms with van der Waals surface area (Å²) in [5.74, 6) is 1.67. The Kier molecular flexibility index (Phi) is 4.92. The molecule has 0 atom stereocenters. The number of unbranched alkanes of at least 4 members (excludes halogenated alkanes) is 1. The van der Waals surface area contributed by atoms with E-state index in [1.165, 1.54) is 0 Å². The Morgan fingerprint density at radius 2 is 2.14 bits per heavy atom. The summed E-state index contributed by atoms with van der Waals surface area (Å²) in [7, 11) is 0. The van der Waals surface area contributed by atoms with Crippen LogP contribution in [0.15, 0.2) is 11.0 Å². The van der Waals surface area contributed by atoms with E-state index >= 15 is 0 Å². The standard InChI is InChI=1S/C14H23N5OS/c1-14(2,3)19-11-10(9-16-19)12(20)18-13(17-11)15-7-5-6-8-21-4/h9H,5-8H2,1-4H3,(H2,15,17,18,20). The van der Waals surface area contributed by atoms with Gasteiger partial charge >= 0.3 is 0 Å². The smallest absolute Gasteiger partial charge is 0.263 e. The van der Waals surface area contributed by atoms with Gasteiger partial charge in [0.25, 0.3) is 5.56 Å². The van der Waals surface area contributed by atoms with E-state index in [9.17, 15) is 4.79 Å². The molecule has 0 fully saturated rings. The number of thioether (sulfide) groups is 1. The van der Waals surface area contributed by atoms with E-state index < -0.39 is 0 Å². The maximum absolute atomic E-state index is 12.1. The van der Waals surface area contributed by atoms with Crippen molar-refractivity contribution in [2.24, 2.45) is 0 Å². The molecule has 2 aromatic rings. The number of fused-ring (bicyclic) bond motifs is 1. The zero-order valence-corrected chi connectivity index (χ0v) is 13.9. The summed E-state index contributed by atoms with van der Waals surface area (Å²) in [5.41, 5.74) is 0.262. The molecule has 0 aliphatic heterocycles. The molecule has 6 nitrogen and oxygen atoms in total. The van der Waals surface area contributed by atoms with E-state index in [-0.39, 0.29) is 11.1 Å². The highest BCUT2D eigenvalue weighted by atomic mass is 32.2. The fourth-order valence-electron chi connectivity index (χ4n) is 2.07. The summed E-state index contributed by atoms with van der Waals surface area (Å²) in [5, 5.41) is 8.01. The quantitative estimate of drug-likeness (QED) is 0.802. The lowest BCUT2D eigenvalue weighted by molar-refractivity contribution is 0.366. The van der Waals surface area contributed by atoms with Crippen LogP contribution in [0.5, 0.6) is 0 Å². The average molecular weight is 309 g/mol. The molecule has 2 aromatic heterocycles. The lowest BCUT2D eigenvalue weighted by Crippen LogP contribution is -2.24. The Hall–Kier alpha value is -1.50. The van der Waals surface area contributed by atoms with E-state index in [2.05, 4.69) is 26.6 Å². The molecule has 116 valence electrons. The molecule has 7 heteroatoms. The number of aromatic nitrogens is 4. The second kappa shape index (κ2) is 6.51. The number of hydrogen-bond donors (Lipinski definition) is 2. The van der Waals surface area contributed by atoms with Gasteiger partial charge in [-0.1, -0.05) is 0 Å². The number of H-pyrrole nitrogens is 1. The van der Waals surface area contributed by atoms with Gasteiger partial charge in [0.05, 0.1) is 11.7 Å². The molecule has 2 N–H and O–H groups in total. The van der Waals surface area contributed by atoms with Crippen LogP contribution in [-0.4, -0.2) is 38.3 Å². The Labute approximate surface area is 128 Å². The number of rotatable bonds is 6. The van der Waals surface area contributed by atoms with Gasteiger partial charge in [-0.15, -0.1) is 0 Å². The van der Waals surface area contributed by atoms with Gasteiger partial charge in [-0.2, -0.15) is 21.8 Å². The summed E-state index contributed by atoms with van der Waals surface area (Å²) in [6.45, 7) is 6.92. The molecule has 0 aromatic carbocycles. The van der Waals surface area contributed by atoms with Gasteiger partial charge in [0.15, 0.2) is 5.65 Å². The number of nitrogens with zero attached hydrogens (tertiary/aromatic N) is 3. The summed E-state index contributed by atoms with van der Waals surface area (Å²) in [6.07, 6.45) is 5.89. The van der Waals surface area contributed by atoms with Crippen molar-refractivity contribution in [3.05, 3.63) is 16.6 Å². The van der Waals surface area contributed by atoms with Crippen molar-refractivity contribution in [2.45, 2.75) is 39.2 Å². The van der Waals surface area contributed by atoms with E-state index in [0.717, 1.165) is 25.1 Å². The summed E-state index contributed by atoms with van der Waals surface area (Å²) in [6, 6.07) is 0. The van der Waals surface area contributed by atoms with Crippen molar-refractivity contribution in [3.63, 3.8) is 0 Å². The van der Waals surface area contributed by atoms with E-state index in [0.29, 0.717) is 17.0 Å². The molecule has 0 aliphatic rings. The summed E-state index contributed by atoms with van der Waals surface area (Å²) >= 11 is 1.85. The van der Waals surface area contributed by atoms with Crippen LogP contribution < -0.4 is 10.9 Å². The first-order valence-corrected chi connectivity index (χ1v) is 8.54. The monoisotopic (exact) mass is 309 g/mol. The maximum Gasteiger partial charge on any atom is 0.263 e. The molecule has 0 bridgehead atoms. The minimum Gasteiger partial charge on any atom is -0.356 e. The highest BCUT2D eigenvalue weighted by molar-refractivity contribution is 7.98. The van der Waals surface area contributed by atoms with Gasteiger partial charge in [0.1, 0.15) is 5.39 Å². The third-order valence-electron chi connectivity index (χ3n) is 3.14. The van der Waals surface area contributed by atoms with Crippen molar-refractivity contribution in [1.82, 2.24) is 19.7 Å². The van der Waals surface area contributed by atoms with Crippen LogP contribution in [0.4, 0.5) is 5.95 Å². The topological polar surface area (TPSA) is 75.6 Å². The van der Waals surface area contributed by atoms with Gasteiger partial charge in [0.2, 0.25) is 5.95 Å². The predicted molar refractivity (Wildman–Crippen MR) is 89.3 cm³/mol. The number of aromatic amines is 1. The maximum atomic E-state index is 12.1. The first-order chi connectivity index (χ1) is 9.93. The van der Waals surface area contributed by atoms with Crippen molar-refractivity contribution < 1.29 is 0 Å². The van der Waals surface area contributed by atoms with Crippen molar-refractivity contribution in [2.75, 3.05) is 23.9 Å². The van der Waals surface area contributed by atoms with Crippen LogP contribution >= 0.6 is 11.8 Å². The summed E-state index contributed by atoms with van der Waals surface area (Å²) in [4.78, 5) is 19.4. The van der Waals surface area contributed by atoms with Crippen LogP contribution in [0.25, 0.3) is 11.0 Å². The predicted octanol–water partition coefficient (Wildman–Crippen LogP) is 2.43. The van der Waals surface area contributed by atoms with Crippen LogP contribution in [-0.2, 0) is 5.54 Å². The molecular weight excluding hydrogens is 286 g/mol. The third kappa shape index (κ3) is 3.78. The Morgan fingerprint density at radius 1 is 1.38 bits per heavy atom.